The van der Waals surface area contributed by atoms with Crippen LogP contribution in [-0.4, -0.2) is 36.8 Å². The summed E-state index contributed by atoms with van der Waals surface area (Å²) in [5, 5.41) is 11.0. The Balaban J connectivity index is 2.26. The Morgan fingerprint density at radius 3 is 2.43 bits per heavy atom. The average Bonchev–Trinajstić information content (AvgIpc) is 2.47. The fourth-order valence-electron chi connectivity index (χ4n) is 2.61. The molecule has 8 heteroatoms. The Morgan fingerprint density at radius 2 is 1.90 bits per heavy atom. The van der Waals surface area contributed by atoms with Gasteiger partial charge in [0.05, 0.1) is 4.92 Å². The quantitative estimate of drug-likeness (QED) is 0.667. The first-order valence-electron chi connectivity index (χ1n) is 6.83. The SMILES string of the molecule is CC(N)C1CCN(S(=O)(=O)c2ccccc2[N+](=O)[O-])CC1. The summed E-state index contributed by atoms with van der Waals surface area (Å²) in [5.74, 6) is 0.294. The molecule has 1 aromatic rings. The Kier molecular flexibility index (Phi) is 4.60. The molecule has 2 N–H and O–H groups in total. The second-order valence-corrected chi connectivity index (χ2v) is 7.23. The standard InChI is InChI=1S/C13H19N3O4S/c1-10(14)11-6-8-15(9-7-11)21(19,20)13-5-3-2-4-12(13)16(17)18/h2-5,10-11H,6-9,14H2,1H3. The van der Waals surface area contributed by atoms with Gasteiger partial charge in [-0.2, -0.15) is 4.31 Å². The summed E-state index contributed by atoms with van der Waals surface area (Å²) < 4.78 is 26.5. The molecule has 1 aliphatic heterocycles. The topological polar surface area (TPSA) is 107 Å². The molecule has 0 spiro atoms. The molecule has 116 valence electrons. The highest BCUT2D eigenvalue weighted by molar-refractivity contribution is 7.89. The van der Waals surface area contributed by atoms with Gasteiger partial charge in [0.15, 0.2) is 4.90 Å². The molecule has 1 aliphatic rings. The molecule has 1 fully saturated rings. The fourth-order valence-corrected chi connectivity index (χ4v) is 4.23. The third-order valence-corrected chi connectivity index (χ3v) is 5.87. The minimum atomic E-state index is -3.84. The zero-order valence-corrected chi connectivity index (χ0v) is 12.6. The van der Waals surface area contributed by atoms with Crippen molar-refractivity contribution < 1.29 is 13.3 Å². The van der Waals surface area contributed by atoms with Gasteiger partial charge in [-0.15, -0.1) is 0 Å². The lowest BCUT2D eigenvalue weighted by Gasteiger charge is -2.32. The average molecular weight is 313 g/mol. The van der Waals surface area contributed by atoms with Crippen LogP contribution in [0, 0.1) is 16.0 Å². The number of para-hydroxylation sites is 1. The van der Waals surface area contributed by atoms with Crippen LogP contribution in [0.5, 0.6) is 0 Å². The fraction of sp³-hybridized carbons (Fsp3) is 0.538. The van der Waals surface area contributed by atoms with E-state index in [0.717, 1.165) is 0 Å². The van der Waals surface area contributed by atoms with Gasteiger partial charge >= 0.3 is 0 Å². The molecule has 0 amide bonds. The number of hydrogen-bond acceptors (Lipinski definition) is 5. The largest absolute Gasteiger partial charge is 0.328 e. The van der Waals surface area contributed by atoms with E-state index < -0.39 is 14.9 Å². The van der Waals surface area contributed by atoms with Gasteiger partial charge in [-0.25, -0.2) is 8.42 Å². The summed E-state index contributed by atoms with van der Waals surface area (Å²) in [6.45, 7) is 2.61. The van der Waals surface area contributed by atoms with Crippen molar-refractivity contribution >= 4 is 15.7 Å². The maximum Gasteiger partial charge on any atom is 0.289 e. The summed E-state index contributed by atoms with van der Waals surface area (Å²) in [7, 11) is -3.84. The molecule has 0 bridgehead atoms. The number of rotatable bonds is 4. The molecule has 1 heterocycles. The lowest BCUT2D eigenvalue weighted by atomic mass is 9.92. The molecule has 0 aromatic heterocycles. The first kappa shape index (κ1) is 15.9. The Labute approximate surface area is 123 Å². The number of sulfonamides is 1. The summed E-state index contributed by atoms with van der Waals surface area (Å²) >= 11 is 0. The molecule has 0 radical (unpaired) electrons. The molecule has 0 aliphatic carbocycles. The van der Waals surface area contributed by atoms with Gasteiger partial charge in [0, 0.05) is 25.2 Å². The van der Waals surface area contributed by atoms with E-state index >= 15 is 0 Å². The van der Waals surface area contributed by atoms with Crippen molar-refractivity contribution in [2.75, 3.05) is 13.1 Å². The summed E-state index contributed by atoms with van der Waals surface area (Å²) in [5.41, 5.74) is 5.46. The number of nitrogens with two attached hydrogens (primary N) is 1. The first-order valence-corrected chi connectivity index (χ1v) is 8.27. The summed E-state index contributed by atoms with van der Waals surface area (Å²) in [6.07, 6.45) is 1.36. The molecule has 1 atom stereocenters. The van der Waals surface area contributed by atoms with E-state index in [1.807, 2.05) is 6.92 Å². The highest BCUT2D eigenvalue weighted by Crippen LogP contribution is 2.29. The van der Waals surface area contributed by atoms with Gasteiger partial charge < -0.3 is 5.73 Å². The van der Waals surface area contributed by atoms with Crippen LogP contribution in [0.25, 0.3) is 0 Å². The van der Waals surface area contributed by atoms with E-state index in [9.17, 15) is 18.5 Å². The van der Waals surface area contributed by atoms with Crippen molar-refractivity contribution in [1.82, 2.24) is 4.31 Å². The smallest absolute Gasteiger partial charge is 0.289 e. The van der Waals surface area contributed by atoms with E-state index in [0.29, 0.717) is 31.8 Å². The Bertz CT molecular complexity index is 622. The molecule has 1 unspecified atom stereocenters. The maximum atomic E-state index is 12.6. The normalized spacial score (nSPS) is 19.3. The monoisotopic (exact) mass is 313 g/mol. The highest BCUT2D eigenvalue weighted by atomic mass is 32.2. The molecule has 2 rings (SSSR count). The van der Waals surface area contributed by atoms with Gasteiger partial charge in [-0.3, -0.25) is 10.1 Å². The lowest BCUT2D eigenvalue weighted by molar-refractivity contribution is -0.387. The van der Waals surface area contributed by atoms with Crippen molar-refractivity contribution in [2.45, 2.75) is 30.7 Å². The molecular formula is C13H19N3O4S. The predicted molar refractivity (Wildman–Crippen MR) is 78.2 cm³/mol. The second kappa shape index (κ2) is 6.08. The number of nitro groups is 1. The Hall–Kier alpha value is -1.51. The minimum absolute atomic E-state index is 0.0286. The van der Waals surface area contributed by atoms with Crippen molar-refractivity contribution in [3.8, 4) is 0 Å². The van der Waals surface area contributed by atoms with Crippen molar-refractivity contribution in [3.63, 3.8) is 0 Å². The number of benzene rings is 1. The van der Waals surface area contributed by atoms with Gasteiger partial charge in [0.25, 0.3) is 5.69 Å². The number of hydrogen-bond donors (Lipinski definition) is 1. The van der Waals surface area contributed by atoms with Gasteiger partial charge in [-0.05, 0) is 31.7 Å². The van der Waals surface area contributed by atoms with E-state index in [-0.39, 0.29) is 16.6 Å². The maximum absolute atomic E-state index is 12.6. The van der Waals surface area contributed by atoms with Crippen molar-refractivity contribution in [1.29, 1.82) is 0 Å². The molecule has 7 nitrogen and oxygen atoms in total. The van der Waals surface area contributed by atoms with E-state index in [1.54, 1.807) is 0 Å². The zero-order chi connectivity index (χ0) is 15.6. The van der Waals surface area contributed by atoms with E-state index in [4.69, 9.17) is 5.73 Å². The van der Waals surface area contributed by atoms with Crippen LogP contribution in [0.15, 0.2) is 29.2 Å². The van der Waals surface area contributed by atoms with Gasteiger partial charge in [0.2, 0.25) is 10.0 Å². The van der Waals surface area contributed by atoms with Crippen LogP contribution in [0.4, 0.5) is 5.69 Å². The zero-order valence-electron chi connectivity index (χ0n) is 11.8. The third kappa shape index (κ3) is 3.22. The lowest BCUT2D eigenvalue weighted by Crippen LogP contribution is -2.42. The number of nitrogens with zero attached hydrogens (tertiary/aromatic N) is 2. The van der Waals surface area contributed by atoms with Gasteiger partial charge in [0.1, 0.15) is 0 Å². The third-order valence-electron chi connectivity index (χ3n) is 3.92. The number of piperidine rings is 1. The first-order chi connectivity index (χ1) is 9.84. The van der Waals surface area contributed by atoms with Crippen LogP contribution in [0.1, 0.15) is 19.8 Å². The van der Waals surface area contributed by atoms with Crippen LogP contribution in [0.3, 0.4) is 0 Å². The summed E-state index contributed by atoms with van der Waals surface area (Å²) in [6, 6.07) is 5.47. The van der Waals surface area contributed by atoms with Crippen LogP contribution in [0.2, 0.25) is 0 Å². The minimum Gasteiger partial charge on any atom is -0.328 e. The van der Waals surface area contributed by atoms with Crippen molar-refractivity contribution in [2.24, 2.45) is 11.7 Å². The van der Waals surface area contributed by atoms with Crippen LogP contribution < -0.4 is 5.73 Å². The Morgan fingerprint density at radius 1 is 1.33 bits per heavy atom. The molecule has 0 saturated carbocycles. The molecular weight excluding hydrogens is 294 g/mol. The van der Waals surface area contributed by atoms with Gasteiger partial charge in [-0.1, -0.05) is 12.1 Å². The van der Waals surface area contributed by atoms with E-state index in [1.165, 1.54) is 28.6 Å². The molecule has 1 aromatic carbocycles. The number of nitro benzene ring substituents is 1. The molecule has 21 heavy (non-hydrogen) atoms. The summed E-state index contributed by atoms with van der Waals surface area (Å²) in [4.78, 5) is 10.1. The van der Waals surface area contributed by atoms with E-state index in [2.05, 4.69) is 0 Å². The predicted octanol–water partition coefficient (Wildman–Crippen LogP) is 1.34. The highest BCUT2D eigenvalue weighted by Gasteiger charge is 2.34. The van der Waals surface area contributed by atoms with Crippen molar-refractivity contribution in [3.05, 3.63) is 34.4 Å². The van der Waals surface area contributed by atoms with Crippen LogP contribution >= 0.6 is 0 Å². The molecule has 1 saturated heterocycles. The van der Waals surface area contributed by atoms with Crippen LogP contribution in [-0.2, 0) is 10.0 Å². The second-order valence-electron chi connectivity index (χ2n) is 5.33.